The lowest BCUT2D eigenvalue weighted by atomic mass is 10.0. The van der Waals surface area contributed by atoms with E-state index in [1.807, 2.05) is 30.3 Å². The van der Waals surface area contributed by atoms with Crippen LogP contribution < -0.4 is 0 Å². The molecule has 1 aliphatic rings. The Kier molecular flexibility index (Phi) is 3.70. The zero-order chi connectivity index (χ0) is 15.8. The Balaban J connectivity index is 1.67. The summed E-state index contributed by atoms with van der Waals surface area (Å²) in [7, 11) is 0. The predicted octanol–water partition coefficient (Wildman–Crippen LogP) is 2.84. The standard InChI is InChI=1S/C15H15F3N2O2/c16-15(17,18)14(21)6-7-20(10-14)9-12-8-13(22-19-12)11-4-2-1-3-5-11/h1-5,8,21H,6-7,9-10H2/t14-/m1/s1. The normalized spacial score (nSPS) is 23.1. The minimum atomic E-state index is -4.61. The minimum absolute atomic E-state index is 0.170. The Morgan fingerprint density at radius 3 is 2.64 bits per heavy atom. The van der Waals surface area contributed by atoms with E-state index in [1.54, 1.807) is 6.07 Å². The average molecular weight is 312 g/mol. The van der Waals surface area contributed by atoms with E-state index in [1.165, 1.54) is 4.90 Å². The van der Waals surface area contributed by atoms with E-state index >= 15 is 0 Å². The zero-order valence-electron chi connectivity index (χ0n) is 11.7. The van der Waals surface area contributed by atoms with Gasteiger partial charge in [-0.3, -0.25) is 4.90 Å². The molecule has 2 aromatic rings. The molecule has 0 aliphatic carbocycles. The van der Waals surface area contributed by atoms with Gasteiger partial charge in [-0.1, -0.05) is 35.5 Å². The molecule has 1 aromatic carbocycles. The van der Waals surface area contributed by atoms with Gasteiger partial charge >= 0.3 is 6.18 Å². The number of aromatic nitrogens is 1. The third-order valence-corrected chi connectivity index (χ3v) is 3.86. The van der Waals surface area contributed by atoms with Gasteiger partial charge in [0.25, 0.3) is 0 Å². The van der Waals surface area contributed by atoms with E-state index in [9.17, 15) is 18.3 Å². The molecular formula is C15H15F3N2O2. The SMILES string of the molecule is O[C@]1(C(F)(F)F)CCN(Cc2cc(-c3ccccc3)on2)C1. The number of halogens is 3. The smallest absolute Gasteiger partial charge is 0.379 e. The molecule has 0 amide bonds. The molecule has 0 bridgehead atoms. The fraction of sp³-hybridized carbons (Fsp3) is 0.400. The quantitative estimate of drug-likeness (QED) is 0.947. The molecule has 22 heavy (non-hydrogen) atoms. The lowest BCUT2D eigenvalue weighted by Crippen LogP contribution is -2.47. The van der Waals surface area contributed by atoms with Gasteiger partial charge in [-0.2, -0.15) is 13.2 Å². The van der Waals surface area contributed by atoms with Crippen LogP contribution >= 0.6 is 0 Å². The van der Waals surface area contributed by atoms with Crippen molar-refractivity contribution in [1.29, 1.82) is 0 Å². The maximum absolute atomic E-state index is 12.8. The number of benzene rings is 1. The van der Waals surface area contributed by atoms with E-state index in [4.69, 9.17) is 4.52 Å². The highest BCUT2D eigenvalue weighted by Gasteiger charge is 2.56. The molecule has 2 heterocycles. The van der Waals surface area contributed by atoms with E-state index in [0.29, 0.717) is 11.5 Å². The Hall–Kier alpha value is -1.86. The first-order chi connectivity index (χ1) is 10.4. The Bertz CT molecular complexity index is 642. The first kappa shape index (κ1) is 15.1. The van der Waals surface area contributed by atoms with Crippen LogP contribution in [0.4, 0.5) is 13.2 Å². The van der Waals surface area contributed by atoms with Gasteiger partial charge < -0.3 is 9.63 Å². The van der Waals surface area contributed by atoms with E-state index in [2.05, 4.69) is 5.16 Å². The summed E-state index contributed by atoms with van der Waals surface area (Å²) in [6.45, 7) is -0.0533. The molecule has 0 radical (unpaired) electrons. The van der Waals surface area contributed by atoms with Crippen molar-refractivity contribution in [3.8, 4) is 11.3 Å². The highest BCUT2D eigenvalue weighted by Crippen LogP contribution is 2.38. The molecule has 1 N–H and O–H groups in total. The minimum Gasteiger partial charge on any atom is -0.379 e. The Morgan fingerprint density at radius 1 is 1.27 bits per heavy atom. The van der Waals surface area contributed by atoms with Crippen molar-refractivity contribution in [3.63, 3.8) is 0 Å². The van der Waals surface area contributed by atoms with Gasteiger partial charge in [0.05, 0.1) is 5.69 Å². The first-order valence-corrected chi connectivity index (χ1v) is 6.90. The second-order valence-corrected chi connectivity index (χ2v) is 5.54. The summed E-state index contributed by atoms with van der Waals surface area (Å²) < 4.78 is 43.5. The summed E-state index contributed by atoms with van der Waals surface area (Å²) in [5.41, 5.74) is -1.22. The molecule has 1 aromatic heterocycles. The molecule has 1 aliphatic heterocycles. The molecule has 4 nitrogen and oxygen atoms in total. The number of hydrogen-bond acceptors (Lipinski definition) is 4. The largest absolute Gasteiger partial charge is 0.418 e. The summed E-state index contributed by atoms with van der Waals surface area (Å²) in [6, 6.07) is 11.0. The molecule has 1 fully saturated rings. The van der Waals surface area contributed by atoms with Crippen molar-refractivity contribution < 1.29 is 22.8 Å². The third-order valence-electron chi connectivity index (χ3n) is 3.86. The van der Waals surface area contributed by atoms with Crippen molar-refractivity contribution in [2.24, 2.45) is 0 Å². The van der Waals surface area contributed by atoms with Gasteiger partial charge in [-0.25, -0.2) is 0 Å². The summed E-state index contributed by atoms with van der Waals surface area (Å²) >= 11 is 0. The number of nitrogens with zero attached hydrogens (tertiary/aromatic N) is 2. The first-order valence-electron chi connectivity index (χ1n) is 6.90. The highest BCUT2D eigenvalue weighted by atomic mass is 19.4. The average Bonchev–Trinajstić information content (AvgIpc) is 3.08. The lowest BCUT2D eigenvalue weighted by molar-refractivity contribution is -0.254. The van der Waals surface area contributed by atoms with Gasteiger partial charge in [0.1, 0.15) is 0 Å². The lowest BCUT2D eigenvalue weighted by Gasteiger charge is -2.25. The molecule has 3 rings (SSSR count). The van der Waals surface area contributed by atoms with Crippen molar-refractivity contribution in [3.05, 3.63) is 42.1 Å². The number of alkyl halides is 3. The van der Waals surface area contributed by atoms with Crippen LogP contribution in [0, 0.1) is 0 Å². The van der Waals surface area contributed by atoms with Crippen LogP contribution in [0.5, 0.6) is 0 Å². The van der Waals surface area contributed by atoms with Crippen molar-refractivity contribution >= 4 is 0 Å². The molecule has 0 saturated carbocycles. The number of likely N-dealkylation sites (tertiary alicyclic amines) is 1. The van der Waals surface area contributed by atoms with E-state index < -0.39 is 18.3 Å². The van der Waals surface area contributed by atoms with Gasteiger partial charge in [-0.05, 0) is 6.42 Å². The second-order valence-electron chi connectivity index (χ2n) is 5.54. The number of rotatable bonds is 3. The summed E-state index contributed by atoms with van der Waals surface area (Å²) in [5.74, 6) is 0.570. The van der Waals surface area contributed by atoms with Gasteiger partial charge in [0.2, 0.25) is 0 Å². The van der Waals surface area contributed by atoms with E-state index in [-0.39, 0.29) is 19.5 Å². The zero-order valence-corrected chi connectivity index (χ0v) is 11.7. The molecule has 7 heteroatoms. The number of β-amino-alcohol motifs (C(OH)–C–C–N with tert-alkyl or cyclic N) is 1. The fourth-order valence-corrected chi connectivity index (χ4v) is 2.59. The molecule has 1 atom stereocenters. The summed E-state index contributed by atoms with van der Waals surface area (Å²) in [4.78, 5) is 1.53. The van der Waals surface area contributed by atoms with Crippen LogP contribution in [-0.4, -0.2) is 40.0 Å². The van der Waals surface area contributed by atoms with Crippen LogP contribution in [0.3, 0.4) is 0 Å². The van der Waals surface area contributed by atoms with Crippen LogP contribution in [0.2, 0.25) is 0 Å². The van der Waals surface area contributed by atoms with Gasteiger partial charge in [0, 0.05) is 31.3 Å². The van der Waals surface area contributed by atoms with Crippen molar-refractivity contribution in [2.45, 2.75) is 24.7 Å². The molecule has 0 unspecified atom stereocenters. The van der Waals surface area contributed by atoms with Gasteiger partial charge in [0.15, 0.2) is 11.4 Å². The summed E-state index contributed by atoms with van der Waals surface area (Å²) in [6.07, 6.45) is -4.93. The highest BCUT2D eigenvalue weighted by molar-refractivity contribution is 5.56. The van der Waals surface area contributed by atoms with Crippen LogP contribution in [-0.2, 0) is 6.54 Å². The van der Waals surface area contributed by atoms with Crippen LogP contribution in [0.1, 0.15) is 12.1 Å². The second kappa shape index (κ2) is 5.40. The predicted molar refractivity (Wildman–Crippen MR) is 72.8 cm³/mol. The van der Waals surface area contributed by atoms with Crippen LogP contribution in [0.15, 0.2) is 40.9 Å². The van der Waals surface area contributed by atoms with Crippen molar-refractivity contribution in [1.82, 2.24) is 10.1 Å². The van der Waals surface area contributed by atoms with Crippen LogP contribution in [0.25, 0.3) is 11.3 Å². The fourth-order valence-electron chi connectivity index (χ4n) is 2.59. The maximum atomic E-state index is 12.8. The summed E-state index contributed by atoms with van der Waals surface area (Å²) in [5, 5.41) is 13.5. The van der Waals surface area contributed by atoms with E-state index in [0.717, 1.165) is 5.56 Å². The maximum Gasteiger partial charge on any atom is 0.418 e. The third kappa shape index (κ3) is 2.86. The topological polar surface area (TPSA) is 49.5 Å². The Labute approximate surface area is 125 Å². The Morgan fingerprint density at radius 2 is 2.00 bits per heavy atom. The number of hydrogen-bond donors (Lipinski definition) is 1. The van der Waals surface area contributed by atoms with Crippen molar-refractivity contribution in [2.75, 3.05) is 13.1 Å². The molecule has 1 saturated heterocycles. The molecule has 118 valence electrons. The number of aliphatic hydroxyl groups is 1. The van der Waals surface area contributed by atoms with Gasteiger partial charge in [-0.15, -0.1) is 0 Å². The monoisotopic (exact) mass is 312 g/mol. The molecular weight excluding hydrogens is 297 g/mol. The molecule has 0 spiro atoms.